The van der Waals surface area contributed by atoms with E-state index >= 15 is 0 Å². The van der Waals surface area contributed by atoms with Crippen LogP contribution in [-0.4, -0.2) is 36.1 Å². The van der Waals surface area contributed by atoms with Crippen LogP contribution >= 0.6 is 0 Å². The minimum Gasteiger partial charge on any atom is -0.459 e. The van der Waals surface area contributed by atoms with Crippen LogP contribution in [0.4, 0.5) is 0 Å². The zero-order valence-corrected chi connectivity index (χ0v) is 17.0. The largest absolute Gasteiger partial charge is 0.459 e. The van der Waals surface area contributed by atoms with Gasteiger partial charge in [0.15, 0.2) is 0 Å². The van der Waals surface area contributed by atoms with Crippen molar-refractivity contribution in [2.75, 3.05) is 20.3 Å². The lowest BCUT2D eigenvalue weighted by Gasteiger charge is -2.03. The predicted octanol–water partition coefficient (Wildman–Crippen LogP) is 4.00. The summed E-state index contributed by atoms with van der Waals surface area (Å²) < 4.78 is 11.8. The molecule has 0 bridgehead atoms. The molecule has 0 aliphatic carbocycles. The number of ether oxygens (including phenoxy) is 2. The van der Waals surface area contributed by atoms with Crippen molar-refractivity contribution in [3.8, 4) is 17.3 Å². The van der Waals surface area contributed by atoms with Crippen molar-refractivity contribution >= 4 is 12.0 Å². The number of carbonyl (C=O) groups excluding carboxylic acids is 1. The summed E-state index contributed by atoms with van der Waals surface area (Å²) in [7, 11) is 1.52. The molecule has 1 aromatic heterocycles. The fourth-order valence-electron chi connectivity index (χ4n) is 3.00. The van der Waals surface area contributed by atoms with Gasteiger partial charge in [-0.25, -0.2) is 4.79 Å². The van der Waals surface area contributed by atoms with Crippen molar-refractivity contribution in [1.82, 2.24) is 9.78 Å². The lowest BCUT2D eigenvalue weighted by Crippen LogP contribution is -2.11. The smallest absolute Gasteiger partial charge is 0.348 e. The highest BCUT2D eigenvalue weighted by atomic mass is 16.6. The van der Waals surface area contributed by atoms with Gasteiger partial charge >= 0.3 is 5.97 Å². The highest BCUT2D eigenvalue weighted by Crippen LogP contribution is 2.25. The lowest BCUT2D eigenvalue weighted by atomic mass is 10.0. The van der Waals surface area contributed by atoms with Crippen LogP contribution in [0.15, 0.2) is 66.4 Å². The van der Waals surface area contributed by atoms with Crippen molar-refractivity contribution in [2.45, 2.75) is 13.5 Å². The fraction of sp³-hybridized carbons (Fsp3) is 0.208. The molecule has 0 spiro atoms. The van der Waals surface area contributed by atoms with E-state index in [1.165, 1.54) is 13.2 Å². The van der Waals surface area contributed by atoms with Gasteiger partial charge < -0.3 is 9.47 Å². The van der Waals surface area contributed by atoms with Gasteiger partial charge in [0.1, 0.15) is 18.2 Å². The summed E-state index contributed by atoms with van der Waals surface area (Å²) in [6.45, 7) is 2.95. The first kappa shape index (κ1) is 21.0. The molecule has 1 heterocycles. The third-order valence-corrected chi connectivity index (χ3v) is 4.43. The summed E-state index contributed by atoms with van der Waals surface area (Å²) in [5.74, 6) is -0.680. The van der Waals surface area contributed by atoms with Gasteiger partial charge in [0.2, 0.25) is 0 Å². The molecule has 0 aliphatic rings. The van der Waals surface area contributed by atoms with Gasteiger partial charge in [0.25, 0.3) is 0 Å². The van der Waals surface area contributed by atoms with Gasteiger partial charge in [-0.1, -0.05) is 54.1 Å². The molecule has 3 rings (SSSR count). The fourth-order valence-corrected chi connectivity index (χ4v) is 3.00. The summed E-state index contributed by atoms with van der Waals surface area (Å²) in [5, 5.41) is 14.2. The zero-order valence-electron chi connectivity index (χ0n) is 17.0. The van der Waals surface area contributed by atoms with Crippen molar-refractivity contribution in [3.05, 3.63) is 83.1 Å². The number of aromatic nitrogens is 2. The van der Waals surface area contributed by atoms with Crippen LogP contribution in [0.1, 0.15) is 16.7 Å². The molecule has 152 valence electrons. The molecule has 0 N–H and O–H groups in total. The topological polar surface area (TPSA) is 77.1 Å². The maximum Gasteiger partial charge on any atom is 0.348 e. The minimum atomic E-state index is -0.680. The highest BCUT2D eigenvalue weighted by molar-refractivity contribution is 5.98. The van der Waals surface area contributed by atoms with Crippen LogP contribution in [0.5, 0.6) is 0 Å². The molecule has 2 aromatic carbocycles. The lowest BCUT2D eigenvalue weighted by molar-refractivity contribution is -0.139. The Morgan fingerprint density at radius 2 is 1.97 bits per heavy atom. The second-order valence-electron chi connectivity index (χ2n) is 6.78. The quantitative estimate of drug-likeness (QED) is 0.247. The molecule has 0 unspecified atom stereocenters. The van der Waals surface area contributed by atoms with E-state index in [0.717, 1.165) is 16.7 Å². The van der Waals surface area contributed by atoms with Crippen molar-refractivity contribution in [3.63, 3.8) is 0 Å². The van der Waals surface area contributed by atoms with Gasteiger partial charge in [-0.3, -0.25) is 4.68 Å². The predicted molar refractivity (Wildman–Crippen MR) is 114 cm³/mol. The molecule has 0 amide bonds. The molecule has 0 atom stereocenters. The van der Waals surface area contributed by atoms with E-state index in [0.29, 0.717) is 17.8 Å². The van der Waals surface area contributed by atoms with E-state index in [2.05, 4.69) is 0 Å². The molecule has 0 saturated heterocycles. The van der Waals surface area contributed by atoms with Crippen molar-refractivity contribution in [1.29, 1.82) is 5.26 Å². The van der Waals surface area contributed by atoms with E-state index in [1.54, 1.807) is 0 Å². The van der Waals surface area contributed by atoms with Gasteiger partial charge in [0, 0.05) is 24.4 Å². The Morgan fingerprint density at radius 1 is 1.17 bits per heavy atom. The van der Waals surface area contributed by atoms with Crippen LogP contribution < -0.4 is 0 Å². The molecular weight excluding hydrogens is 378 g/mol. The highest BCUT2D eigenvalue weighted by Gasteiger charge is 2.16. The van der Waals surface area contributed by atoms with Gasteiger partial charge in [0.05, 0.1) is 18.8 Å². The SMILES string of the molecule is COCCOC(=O)/C(C#N)=C/c1cn(Cc2ccccc2)nc1-c1cccc(C)c1. The Balaban J connectivity index is 1.98. The number of rotatable bonds is 8. The van der Waals surface area contributed by atoms with E-state index in [9.17, 15) is 10.1 Å². The number of methoxy groups -OCH3 is 1. The molecule has 30 heavy (non-hydrogen) atoms. The third kappa shape index (κ3) is 5.43. The first-order valence-corrected chi connectivity index (χ1v) is 9.57. The van der Waals surface area contributed by atoms with Crippen molar-refractivity contribution in [2.24, 2.45) is 0 Å². The monoisotopic (exact) mass is 401 g/mol. The number of aryl methyl sites for hydroxylation is 1. The van der Waals surface area contributed by atoms with Crippen LogP contribution in [-0.2, 0) is 20.8 Å². The molecule has 0 radical (unpaired) electrons. The average Bonchev–Trinajstić information content (AvgIpc) is 3.15. The summed E-state index contributed by atoms with van der Waals surface area (Å²) in [4.78, 5) is 12.3. The van der Waals surface area contributed by atoms with Crippen LogP contribution in [0.3, 0.4) is 0 Å². The van der Waals surface area contributed by atoms with Crippen LogP contribution in [0, 0.1) is 18.3 Å². The standard InChI is InChI=1S/C24H23N3O3/c1-18-7-6-10-20(13-18)23-22(14-21(15-25)24(28)30-12-11-29-2)17-27(26-23)16-19-8-4-3-5-9-19/h3-10,13-14,17H,11-12,16H2,1-2H3/b21-14+. The third-order valence-electron chi connectivity index (χ3n) is 4.43. The Kier molecular flexibility index (Phi) is 7.14. The number of nitriles is 1. The number of nitrogens with zero attached hydrogens (tertiary/aromatic N) is 3. The van der Waals surface area contributed by atoms with Gasteiger partial charge in [-0.15, -0.1) is 0 Å². The van der Waals surface area contributed by atoms with Crippen molar-refractivity contribution < 1.29 is 14.3 Å². The molecular formula is C24H23N3O3. The summed E-state index contributed by atoms with van der Waals surface area (Å²) in [5.41, 5.74) is 4.41. The van der Waals surface area contributed by atoms with E-state index < -0.39 is 5.97 Å². The number of hydrogen-bond acceptors (Lipinski definition) is 5. The summed E-state index contributed by atoms with van der Waals surface area (Å²) in [6.07, 6.45) is 3.37. The summed E-state index contributed by atoms with van der Waals surface area (Å²) in [6, 6.07) is 19.9. The average molecular weight is 401 g/mol. The van der Waals surface area contributed by atoms with Crippen LogP contribution in [0.2, 0.25) is 0 Å². The Bertz CT molecular complexity index is 1080. The molecule has 6 nitrogen and oxygen atoms in total. The first-order chi connectivity index (χ1) is 14.6. The molecule has 3 aromatic rings. The maximum atomic E-state index is 12.3. The normalized spacial score (nSPS) is 11.2. The van der Waals surface area contributed by atoms with E-state index in [1.807, 2.05) is 78.5 Å². The maximum absolute atomic E-state index is 12.3. The minimum absolute atomic E-state index is 0.0840. The van der Waals surface area contributed by atoms with E-state index in [4.69, 9.17) is 14.6 Å². The molecule has 6 heteroatoms. The van der Waals surface area contributed by atoms with Crippen LogP contribution in [0.25, 0.3) is 17.3 Å². The van der Waals surface area contributed by atoms with E-state index in [-0.39, 0.29) is 18.8 Å². The number of esters is 1. The zero-order chi connectivity index (χ0) is 21.3. The second kappa shape index (κ2) is 10.2. The molecule has 0 fully saturated rings. The number of carbonyl (C=O) groups is 1. The summed E-state index contributed by atoms with van der Waals surface area (Å²) >= 11 is 0. The number of hydrogen-bond donors (Lipinski definition) is 0. The second-order valence-corrected chi connectivity index (χ2v) is 6.78. The Morgan fingerprint density at radius 3 is 2.67 bits per heavy atom. The number of benzene rings is 2. The Hall–Kier alpha value is -3.69. The first-order valence-electron chi connectivity index (χ1n) is 9.57. The Labute approximate surface area is 176 Å². The molecule has 0 saturated carbocycles. The van der Waals surface area contributed by atoms with Gasteiger partial charge in [-0.05, 0) is 24.6 Å². The van der Waals surface area contributed by atoms with Gasteiger partial charge in [-0.2, -0.15) is 10.4 Å². The molecule has 0 aliphatic heterocycles.